The lowest BCUT2D eigenvalue weighted by Crippen LogP contribution is -2.09. The van der Waals surface area contributed by atoms with Crippen molar-refractivity contribution in [3.63, 3.8) is 0 Å². The second-order valence-electron chi connectivity index (χ2n) is 3.40. The zero-order valence-electron chi connectivity index (χ0n) is 8.94. The highest BCUT2D eigenvalue weighted by Crippen LogP contribution is 2.31. The molecule has 1 heterocycles. The molecular formula is C11H11Cl2N3O. The van der Waals surface area contributed by atoms with Crippen LogP contribution in [-0.4, -0.2) is 16.4 Å². The molecule has 0 fully saturated rings. The molecule has 0 aliphatic carbocycles. The van der Waals surface area contributed by atoms with E-state index in [-0.39, 0.29) is 0 Å². The summed E-state index contributed by atoms with van der Waals surface area (Å²) in [5.41, 5.74) is 5.49. The maximum Gasteiger partial charge on any atom is 0.145 e. The quantitative estimate of drug-likeness (QED) is 0.931. The highest BCUT2D eigenvalue weighted by atomic mass is 35.5. The van der Waals surface area contributed by atoms with E-state index >= 15 is 0 Å². The van der Waals surface area contributed by atoms with Gasteiger partial charge in [0.05, 0.1) is 11.6 Å². The Morgan fingerprint density at radius 3 is 2.82 bits per heavy atom. The van der Waals surface area contributed by atoms with Gasteiger partial charge in [-0.25, -0.2) is 0 Å². The molecule has 0 amide bonds. The van der Waals surface area contributed by atoms with Crippen molar-refractivity contribution in [2.45, 2.75) is 6.54 Å². The standard InChI is InChI=1S/C11H11Cl2N3O/c12-8-2-1-3-9(11(8)13)17-7-6-16-5-4-10(14)15-16/h1-5H,6-7H2,(H2,14,15). The first-order valence-corrected chi connectivity index (χ1v) is 5.78. The number of benzene rings is 1. The molecule has 0 saturated heterocycles. The third kappa shape index (κ3) is 3.05. The van der Waals surface area contributed by atoms with E-state index < -0.39 is 0 Å². The first kappa shape index (κ1) is 12.1. The van der Waals surface area contributed by atoms with E-state index in [4.69, 9.17) is 33.7 Å². The molecule has 17 heavy (non-hydrogen) atoms. The van der Waals surface area contributed by atoms with E-state index in [1.165, 1.54) is 0 Å². The van der Waals surface area contributed by atoms with Gasteiger partial charge in [0.25, 0.3) is 0 Å². The van der Waals surface area contributed by atoms with Crippen LogP contribution in [0.3, 0.4) is 0 Å². The fourth-order valence-electron chi connectivity index (χ4n) is 1.35. The molecule has 2 rings (SSSR count). The summed E-state index contributed by atoms with van der Waals surface area (Å²) in [6.45, 7) is 1.04. The molecule has 0 aliphatic heterocycles. The van der Waals surface area contributed by atoms with E-state index in [1.807, 2.05) is 0 Å². The van der Waals surface area contributed by atoms with Gasteiger partial charge in [0, 0.05) is 6.20 Å². The van der Waals surface area contributed by atoms with Crippen LogP contribution >= 0.6 is 23.2 Å². The summed E-state index contributed by atoms with van der Waals surface area (Å²) >= 11 is 11.8. The molecule has 0 radical (unpaired) electrons. The van der Waals surface area contributed by atoms with Crippen LogP contribution in [0.4, 0.5) is 5.82 Å². The van der Waals surface area contributed by atoms with E-state index in [0.29, 0.717) is 34.8 Å². The van der Waals surface area contributed by atoms with Gasteiger partial charge in [0.2, 0.25) is 0 Å². The number of hydrogen-bond acceptors (Lipinski definition) is 3. The maximum atomic E-state index is 5.98. The number of nitrogen functional groups attached to an aromatic ring is 1. The van der Waals surface area contributed by atoms with E-state index in [1.54, 1.807) is 35.1 Å². The van der Waals surface area contributed by atoms with Gasteiger partial charge in [-0.2, -0.15) is 5.10 Å². The molecule has 6 heteroatoms. The van der Waals surface area contributed by atoms with Gasteiger partial charge in [-0.1, -0.05) is 29.3 Å². The fourth-order valence-corrected chi connectivity index (χ4v) is 1.69. The fraction of sp³-hybridized carbons (Fsp3) is 0.182. The van der Waals surface area contributed by atoms with Crippen molar-refractivity contribution in [3.8, 4) is 5.75 Å². The number of nitrogens with two attached hydrogens (primary N) is 1. The summed E-state index contributed by atoms with van der Waals surface area (Å²) in [5.74, 6) is 1.06. The van der Waals surface area contributed by atoms with Crippen molar-refractivity contribution in [2.24, 2.45) is 0 Å². The summed E-state index contributed by atoms with van der Waals surface area (Å²) in [4.78, 5) is 0. The minimum Gasteiger partial charge on any atom is -0.490 e. The predicted molar refractivity (Wildman–Crippen MR) is 68.6 cm³/mol. The number of ether oxygens (including phenoxy) is 1. The van der Waals surface area contributed by atoms with Gasteiger partial charge < -0.3 is 10.5 Å². The number of aromatic nitrogens is 2. The summed E-state index contributed by atoms with van der Waals surface area (Å²) in [5, 5.41) is 4.94. The minimum absolute atomic E-state index is 0.425. The Bertz CT molecular complexity index is 513. The van der Waals surface area contributed by atoms with Crippen molar-refractivity contribution >= 4 is 29.0 Å². The summed E-state index contributed by atoms with van der Waals surface area (Å²) < 4.78 is 7.21. The number of halogens is 2. The predicted octanol–water partition coefficient (Wildman–Crippen LogP) is 2.85. The zero-order chi connectivity index (χ0) is 12.3. The van der Waals surface area contributed by atoms with Crippen LogP contribution in [0, 0.1) is 0 Å². The van der Waals surface area contributed by atoms with Gasteiger partial charge in [0.1, 0.15) is 23.2 Å². The van der Waals surface area contributed by atoms with Gasteiger partial charge in [-0.15, -0.1) is 0 Å². The average Bonchev–Trinajstić information content (AvgIpc) is 2.70. The molecule has 4 nitrogen and oxygen atoms in total. The number of hydrogen-bond donors (Lipinski definition) is 1. The molecule has 0 atom stereocenters. The van der Waals surface area contributed by atoms with Crippen LogP contribution in [0.15, 0.2) is 30.5 Å². The zero-order valence-corrected chi connectivity index (χ0v) is 10.4. The maximum absolute atomic E-state index is 5.98. The number of rotatable bonds is 4. The molecule has 2 aromatic rings. The van der Waals surface area contributed by atoms with E-state index in [0.717, 1.165) is 0 Å². The van der Waals surface area contributed by atoms with Gasteiger partial charge in [-0.05, 0) is 18.2 Å². The molecule has 0 saturated carbocycles. The van der Waals surface area contributed by atoms with Gasteiger partial charge in [0.15, 0.2) is 0 Å². The monoisotopic (exact) mass is 271 g/mol. The Hall–Kier alpha value is -1.39. The van der Waals surface area contributed by atoms with Crippen molar-refractivity contribution < 1.29 is 4.74 Å². The smallest absolute Gasteiger partial charge is 0.145 e. The Kier molecular flexibility index (Phi) is 3.76. The molecule has 2 N–H and O–H groups in total. The SMILES string of the molecule is Nc1ccn(CCOc2cccc(Cl)c2Cl)n1. The van der Waals surface area contributed by atoms with Crippen LogP contribution in [0.25, 0.3) is 0 Å². The summed E-state index contributed by atoms with van der Waals surface area (Å²) in [6, 6.07) is 7.00. The molecule has 1 aromatic heterocycles. The molecule has 1 aromatic carbocycles. The van der Waals surface area contributed by atoms with E-state index in [9.17, 15) is 0 Å². The van der Waals surface area contributed by atoms with Crippen molar-refractivity contribution in [2.75, 3.05) is 12.3 Å². The van der Waals surface area contributed by atoms with Crippen LogP contribution < -0.4 is 10.5 Å². The topological polar surface area (TPSA) is 53.1 Å². The third-order valence-corrected chi connectivity index (χ3v) is 2.96. The molecule has 0 spiro atoms. The van der Waals surface area contributed by atoms with Crippen LogP contribution in [-0.2, 0) is 6.54 Å². The lowest BCUT2D eigenvalue weighted by molar-refractivity contribution is 0.291. The van der Waals surface area contributed by atoms with Gasteiger partial charge >= 0.3 is 0 Å². The highest BCUT2D eigenvalue weighted by molar-refractivity contribution is 6.42. The van der Waals surface area contributed by atoms with Crippen LogP contribution in [0.5, 0.6) is 5.75 Å². The molecule has 90 valence electrons. The lowest BCUT2D eigenvalue weighted by atomic mass is 10.3. The Balaban J connectivity index is 1.92. The second-order valence-corrected chi connectivity index (χ2v) is 4.19. The molecule has 0 bridgehead atoms. The second kappa shape index (κ2) is 5.29. The lowest BCUT2D eigenvalue weighted by Gasteiger charge is -2.08. The van der Waals surface area contributed by atoms with Crippen molar-refractivity contribution in [1.29, 1.82) is 0 Å². The van der Waals surface area contributed by atoms with Crippen molar-refractivity contribution in [1.82, 2.24) is 9.78 Å². The minimum atomic E-state index is 0.425. The summed E-state index contributed by atoms with van der Waals surface area (Å²) in [7, 11) is 0. The third-order valence-electron chi connectivity index (χ3n) is 2.16. The van der Waals surface area contributed by atoms with Crippen molar-refractivity contribution in [3.05, 3.63) is 40.5 Å². The summed E-state index contributed by atoms with van der Waals surface area (Å²) in [6.07, 6.45) is 1.79. The number of anilines is 1. The first-order chi connectivity index (χ1) is 8.16. The Labute approximate surface area is 109 Å². The highest BCUT2D eigenvalue weighted by Gasteiger charge is 2.05. The Morgan fingerprint density at radius 2 is 2.12 bits per heavy atom. The first-order valence-electron chi connectivity index (χ1n) is 5.02. The van der Waals surface area contributed by atoms with Crippen LogP contribution in [0.2, 0.25) is 10.0 Å². The normalized spacial score (nSPS) is 10.5. The van der Waals surface area contributed by atoms with Gasteiger partial charge in [-0.3, -0.25) is 4.68 Å². The van der Waals surface area contributed by atoms with Crippen LogP contribution in [0.1, 0.15) is 0 Å². The molecular weight excluding hydrogens is 261 g/mol. The van der Waals surface area contributed by atoms with E-state index in [2.05, 4.69) is 5.10 Å². The molecule has 0 unspecified atom stereocenters. The molecule has 0 aliphatic rings. The average molecular weight is 272 g/mol. The largest absolute Gasteiger partial charge is 0.490 e. The number of nitrogens with zero attached hydrogens (tertiary/aromatic N) is 2. The Morgan fingerprint density at radius 1 is 1.29 bits per heavy atom.